The molecule has 0 saturated carbocycles. The van der Waals surface area contributed by atoms with Gasteiger partial charge in [-0.1, -0.05) is 218 Å². The number of aromatic nitrogens is 4. The quantitative estimate of drug-likeness (QED) is 0.144. The molecule has 29 rings (SSSR count). The Hall–Kier alpha value is -17.4. The molecule has 9 aromatic heterocycles. The van der Waals surface area contributed by atoms with Crippen LogP contribution >= 0.6 is 0 Å². The zero-order chi connectivity index (χ0) is 84.2. The van der Waals surface area contributed by atoms with Gasteiger partial charge in [0.05, 0.1) is 44.1 Å². The molecule has 0 saturated heterocycles. The lowest BCUT2D eigenvalue weighted by Gasteiger charge is -2.09. The summed E-state index contributed by atoms with van der Waals surface area (Å²) in [7, 11) is 0. The average Bonchev–Trinajstić information content (AvgIpc) is 1.59. The number of fused-ring (bicyclic) bond motifs is 27. The molecule has 0 atom stereocenters. The zero-order valence-corrected chi connectivity index (χ0v) is 69.2. The molecule has 0 fully saturated rings. The van der Waals surface area contributed by atoms with Crippen LogP contribution < -0.4 is 0 Å². The van der Waals surface area contributed by atoms with Gasteiger partial charge in [0, 0.05) is 120 Å². The third kappa shape index (κ3) is 11.0. The van der Waals surface area contributed by atoms with E-state index < -0.39 is 0 Å². The predicted octanol–water partition coefficient (Wildman–Crippen LogP) is 33.6. The summed E-state index contributed by atoms with van der Waals surface area (Å²) in [4.78, 5) is 0. The Labute approximate surface area is 735 Å². The minimum atomic E-state index is 0.862. The third-order valence-corrected chi connectivity index (χ3v) is 27.0. The van der Waals surface area contributed by atoms with E-state index in [0.29, 0.717) is 0 Å². The SMILES string of the molecule is c1cc(-c2cccc(-c3ccc4oc5ccc(-n6c7ccccc7c7ccccc76)cc5c4c3)c2)cc(-c2ccc3oc4ccc(-n5c6ccccc6c6ccccc65)cc4c3c2)c1.c1ccc2c(c1)c1ccccc1n2-c1ccc2oc3ccc(-c4ccc5oc6ccc(-c7ccc8oc9ccc(-n%10c%11ccccc%11c%11ccccc%11%10)cc9c8c7)cc6c5c4)cc3c2c1. The minimum Gasteiger partial charge on any atom is -0.456 e. The number of rotatable bonds is 9. The summed E-state index contributed by atoms with van der Waals surface area (Å²) < 4.78 is 41.6. The molecule has 0 aliphatic rings. The van der Waals surface area contributed by atoms with Crippen molar-refractivity contribution in [1.29, 1.82) is 0 Å². The highest BCUT2D eigenvalue weighted by Gasteiger charge is 2.23. The molecule has 9 heteroatoms. The highest BCUT2D eigenvalue weighted by atomic mass is 16.3. The van der Waals surface area contributed by atoms with Crippen molar-refractivity contribution in [3.8, 4) is 78.4 Å². The largest absolute Gasteiger partial charge is 0.456 e. The molecule has 129 heavy (non-hydrogen) atoms. The second-order valence-corrected chi connectivity index (χ2v) is 34.1. The normalized spacial score (nSPS) is 12.2. The smallest absolute Gasteiger partial charge is 0.135 e. The van der Waals surface area contributed by atoms with Crippen LogP contribution in [0.3, 0.4) is 0 Å². The Morgan fingerprint density at radius 3 is 0.434 bits per heavy atom. The first-order chi connectivity index (χ1) is 63.9. The van der Waals surface area contributed by atoms with Crippen LogP contribution in [0.15, 0.2) is 447 Å². The van der Waals surface area contributed by atoms with Crippen LogP contribution in [0.25, 0.3) is 275 Å². The van der Waals surface area contributed by atoms with E-state index in [-0.39, 0.29) is 0 Å². The lowest BCUT2D eigenvalue weighted by atomic mass is 9.95. The predicted molar refractivity (Wildman–Crippen MR) is 534 cm³/mol. The second kappa shape index (κ2) is 27.5. The van der Waals surface area contributed by atoms with E-state index in [4.69, 9.17) is 22.1 Å². The molecule has 0 aliphatic carbocycles. The molecule has 600 valence electrons. The number of furan rings is 5. The van der Waals surface area contributed by atoms with Crippen LogP contribution in [0.2, 0.25) is 0 Å². The highest BCUT2D eigenvalue weighted by Crippen LogP contribution is 2.46. The zero-order valence-electron chi connectivity index (χ0n) is 69.2. The Bertz CT molecular complexity index is 9060. The summed E-state index contributed by atoms with van der Waals surface area (Å²) in [6, 6.07) is 152. The molecule has 0 amide bonds. The van der Waals surface area contributed by atoms with Crippen LogP contribution in [0.5, 0.6) is 0 Å². The van der Waals surface area contributed by atoms with Crippen molar-refractivity contribution in [3.63, 3.8) is 0 Å². The summed E-state index contributed by atoms with van der Waals surface area (Å²) in [6.45, 7) is 0. The summed E-state index contributed by atoms with van der Waals surface area (Å²) in [5.74, 6) is 0. The molecule has 9 heterocycles. The third-order valence-electron chi connectivity index (χ3n) is 27.0. The van der Waals surface area contributed by atoms with Gasteiger partial charge in [0.25, 0.3) is 0 Å². The van der Waals surface area contributed by atoms with Crippen molar-refractivity contribution in [1.82, 2.24) is 18.3 Å². The van der Waals surface area contributed by atoms with Gasteiger partial charge in [0.2, 0.25) is 0 Å². The van der Waals surface area contributed by atoms with Gasteiger partial charge in [-0.25, -0.2) is 0 Å². The maximum Gasteiger partial charge on any atom is 0.135 e. The monoisotopic (exact) mass is 1650 g/mol. The Morgan fingerprint density at radius 1 is 0.109 bits per heavy atom. The van der Waals surface area contributed by atoms with Crippen LogP contribution in [-0.2, 0) is 0 Å². The van der Waals surface area contributed by atoms with E-state index >= 15 is 0 Å². The lowest BCUT2D eigenvalue weighted by Crippen LogP contribution is -1.93. The maximum atomic E-state index is 6.45. The first kappa shape index (κ1) is 71.1. The molecule has 29 aromatic rings. The van der Waals surface area contributed by atoms with Crippen LogP contribution in [0.1, 0.15) is 0 Å². The molecular weight excluding hydrogens is 1580 g/mol. The van der Waals surface area contributed by atoms with Crippen LogP contribution in [-0.4, -0.2) is 18.3 Å². The number of benzene rings is 20. The number of hydrogen-bond donors (Lipinski definition) is 0. The van der Waals surface area contributed by atoms with Gasteiger partial charge in [0.1, 0.15) is 55.8 Å². The fourth-order valence-corrected chi connectivity index (χ4v) is 21.0. The van der Waals surface area contributed by atoms with Gasteiger partial charge in [-0.05, 0) is 262 Å². The summed E-state index contributed by atoms with van der Waals surface area (Å²) in [6.07, 6.45) is 0. The van der Waals surface area contributed by atoms with Crippen molar-refractivity contribution in [2.24, 2.45) is 0 Å². The Kier molecular flexibility index (Phi) is 15.2. The molecule has 9 nitrogen and oxygen atoms in total. The summed E-state index contributed by atoms with van der Waals surface area (Å²) in [5, 5.41) is 20.9. The number of para-hydroxylation sites is 8. The molecule has 0 N–H and O–H groups in total. The van der Waals surface area contributed by atoms with Gasteiger partial charge in [-0.3, -0.25) is 0 Å². The van der Waals surface area contributed by atoms with Crippen molar-refractivity contribution < 1.29 is 22.1 Å². The van der Waals surface area contributed by atoms with E-state index in [1.807, 2.05) is 0 Å². The highest BCUT2D eigenvalue weighted by molar-refractivity contribution is 6.18. The molecule has 0 spiro atoms. The number of nitrogens with zero attached hydrogens (tertiary/aromatic N) is 4. The van der Waals surface area contributed by atoms with Gasteiger partial charge in [-0.15, -0.1) is 0 Å². The molecular formula is C120H70N4O5. The molecule has 20 aromatic carbocycles. The van der Waals surface area contributed by atoms with Gasteiger partial charge in [0.15, 0.2) is 0 Å². The molecule has 0 aliphatic heterocycles. The summed E-state index contributed by atoms with van der Waals surface area (Å²) in [5.41, 5.74) is 34.1. The van der Waals surface area contributed by atoms with Gasteiger partial charge >= 0.3 is 0 Å². The Morgan fingerprint density at radius 2 is 0.256 bits per heavy atom. The van der Waals surface area contributed by atoms with E-state index in [0.717, 1.165) is 188 Å². The van der Waals surface area contributed by atoms with E-state index in [9.17, 15) is 0 Å². The van der Waals surface area contributed by atoms with E-state index in [1.54, 1.807) is 0 Å². The topological polar surface area (TPSA) is 85.4 Å². The molecule has 0 radical (unpaired) electrons. The minimum absolute atomic E-state index is 0.862. The molecule has 0 unspecified atom stereocenters. The first-order valence-corrected chi connectivity index (χ1v) is 43.9. The maximum absolute atomic E-state index is 6.45. The standard InChI is InChI=1S/C60H34N2O3.C60H36N2O2/c1-5-13-51-41(9-1)42-10-2-6-14-52(42)61(51)39-21-27-59-49(33-39)47-31-37(19-25-57(47)64-59)35-17-23-55-45(29-35)46-30-36(18-24-56(46)63-55)38-20-26-58-48(32-38)50-34-40(22-28-60(50)65-58)62-53-15-7-3-11-43(53)44-12-4-8-16-54(44)62;1-5-19-53-45(15-1)46-16-2-6-20-54(46)61(53)43-25-29-59-51(35-43)49-33-41(23-27-57(49)63-59)39-13-9-11-37(31-39)38-12-10-14-40(32-38)42-24-28-58-50(34-42)52-36-44(26-30-60(52)64-58)62-55-21-7-3-17-47(55)48-18-4-8-22-56(48)62/h1-34H;1-36H. The Balaban J connectivity index is 0.000000130. The van der Waals surface area contributed by atoms with Crippen molar-refractivity contribution >= 4 is 197 Å². The molecule has 0 bridgehead atoms. The lowest BCUT2D eigenvalue weighted by molar-refractivity contribution is 0.668. The van der Waals surface area contributed by atoms with Gasteiger partial charge < -0.3 is 40.4 Å². The van der Waals surface area contributed by atoms with Gasteiger partial charge in [-0.2, -0.15) is 0 Å². The average molecular weight is 1650 g/mol. The van der Waals surface area contributed by atoms with Crippen molar-refractivity contribution in [2.75, 3.05) is 0 Å². The fourth-order valence-electron chi connectivity index (χ4n) is 21.0. The van der Waals surface area contributed by atoms with Crippen molar-refractivity contribution in [3.05, 3.63) is 425 Å². The second-order valence-electron chi connectivity index (χ2n) is 34.1. The summed E-state index contributed by atoms with van der Waals surface area (Å²) >= 11 is 0. The van der Waals surface area contributed by atoms with Crippen LogP contribution in [0.4, 0.5) is 0 Å². The number of hydrogen-bond acceptors (Lipinski definition) is 5. The van der Waals surface area contributed by atoms with Crippen molar-refractivity contribution in [2.45, 2.75) is 0 Å². The van der Waals surface area contributed by atoms with E-state index in [2.05, 4.69) is 443 Å². The van der Waals surface area contributed by atoms with Crippen LogP contribution in [0, 0.1) is 0 Å². The first-order valence-electron chi connectivity index (χ1n) is 43.9. The van der Waals surface area contributed by atoms with E-state index in [1.165, 1.54) is 87.2 Å². The fraction of sp³-hybridized carbons (Fsp3) is 0.